The van der Waals surface area contributed by atoms with E-state index in [1.165, 1.54) is 0 Å². The highest BCUT2D eigenvalue weighted by Crippen LogP contribution is 2.36. The zero-order chi connectivity index (χ0) is 14.0. The number of nitrogens with two attached hydrogens (primary N) is 1. The molecule has 3 rings (SSSR count). The Bertz CT molecular complexity index is 610. The Morgan fingerprint density at radius 3 is 2.67 bits per heavy atom. The Hall–Kier alpha value is -1.92. The van der Waals surface area contributed by atoms with Gasteiger partial charge in [0.25, 0.3) is 5.91 Å². The van der Waals surface area contributed by atoms with E-state index in [1.54, 1.807) is 12.1 Å². The van der Waals surface area contributed by atoms with Crippen molar-refractivity contribution in [1.29, 1.82) is 0 Å². The molecule has 1 aliphatic carbocycles. The van der Waals surface area contributed by atoms with Crippen molar-refractivity contribution in [2.24, 2.45) is 5.73 Å². The lowest BCUT2D eigenvalue weighted by atomic mass is 9.77. The fourth-order valence-corrected chi connectivity index (χ4v) is 2.16. The van der Waals surface area contributed by atoms with E-state index >= 15 is 0 Å². The third-order valence-corrected chi connectivity index (χ3v) is 3.60. The van der Waals surface area contributed by atoms with Crippen LogP contribution in [-0.4, -0.2) is 16.0 Å². The first-order valence-electron chi connectivity index (χ1n) is 6.63. The fraction of sp³-hybridized carbons (Fsp3) is 0.357. The molecule has 1 aromatic carbocycles. The van der Waals surface area contributed by atoms with Gasteiger partial charge in [-0.05, 0) is 31.4 Å². The number of benzene rings is 1. The lowest BCUT2D eigenvalue weighted by Crippen LogP contribution is -2.44. The molecule has 1 fully saturated rings. The van der Waals surface area contributed by atoms with Crippen molar-refractivity contribution in [3.63, 3.8) is 0 Å². The van der Waals surface area contributed by atoms with Crippen molar-refractivity contribution in [1.82, 2.24) is 15.5 Å². The van der Waals surface area contributed by atoms with Crippen LogP contribution in [0.15, 0.2) is 34.9 Å². The molecule has 0 bridgehead atoms. The van der Waals surface area contributed by atoms with Gasteiger partial charge in [-0.1, -0.05) is 23.4 Å². The molecule has 0 aliphatic heterocycles. The molecule has 3 N–H and O–H groups in total. The van der Waals surface area contributed by atoms with Gasteiger partial charge in [0.15, 0.2) is 5.82 Å². The predicted octanol–water partition coefficient (Wildman–Crippen LogP) is 1.76. The molecule has 1 aromatic heterocycles. The average molecular weight is 309 g/mol. The van der Waals surface area contributed by atoms with Gasteiger partial charge >= 0.3 is 0 Å². The standard InChI is InChI=1S/C14H16N4O2.ClH/c15-14(7-4-8-14)13-17-11(20-18-13)9-16-12(19)10-5-2-1-3-6-10;/h1-3,5-6H,4,7-9,15H2,(H,16,19);1H. The average Bonchev–Trinajstić information content (AvgIpc) is 2.92. The van der Waals surface area contributed by atoms with Crippen LogP contribution in [0.25, 0.3) is 0 Å². The van der Waals surface area contributed by atoms with Crippen molar-refractivity contribution < 1.29 is 9.32 Å². The third-order valence-electron chi connectivity index (χ3n) is 3.60. The highest BCUT2D eigenvalue weighted by Gasteiger charge is 2.38. The van der Waals surface area contributed by atoms with Gasteiger partial charge in [-0.15, -0.1) is 12.4 Å². The molecule has 1 saturated carbocycles. The summed E-state index contributed by atoms with van der Waals surface area (Å²) in [4.78, 5) is 16.1. The van der Waals surface area contributed by atoms with Crippen LogP contribution in [0.1, 0.15) is 41.3 Å². The quantitative estimate of drug-likeness (QED) is 0.897. The molecule has 0 unspecified atom stereocenters. The molecule has 2 aromatic rings. The summed E-state index contributed by atoms with van der Waals surface area (Å²) in [7, 11) is 0. The van der Waals surface area contributed by atoms with Crippen molar-refractivity contribution in [3.05, 3.63) is 47.6 Å². The van der Waals surface area contributed by atoms with Gasteiger partial charge in [-0.25, -0.2) is 0 Å². The van der Waals surface area contributed by atoms with E-state index in [0.29, 0.717) is 17.3 Å². The third kappa shape index (κ3) is 3.22. The smallest absolute Gasteiger partial charge is 0.251 e. The lowest BCUT2D eigenvalue weighted by molar-refractivity contribution is 0.0946. The molecule has 21 heavy (non-hydrogen) atoms. The minimum absolute atomic E-state index is 0. The zero-order valence-electron chi connectivity index (χ0n) is 11.4. The predicted molar refractivity (Wildman–Crippen MR) is 78.9 cm³/mol. The summed E-state index contributed by atoms with van der Waals surface area (Å²) in [5.74, 6) is 0.741. The Morgan fingerprint density at radius 2 is 2.05 bits per heavy atom. The molecule has 7 heteroatoms. The lowest BCUT2D eigenvalue weighted by Gasteiger charge is -2.34. The zero-order valence-corrected chi connectivity index (χ0v) is 12.2. The number of aromatic nitrogens is 2. The number of carbonyl (C=O) groups is 1. The number of carbonyl (C=O) groups excluding carboxylic acids is 1. The van der Waals surface area contributed by atoms with E-state index in [0.717, 1.165) is 19.3 Å². The Morgan fingerprint density at radius 1 is 1.33 bits per heavy atom. The number of nitrogens with one attached hydrogen (secondary N) is 1. The summed E-state index contributed by atoms with van der Waals surface area (Å²) in [5, 5.41) is 6.64. The monoisotopic (exact) mass is 308 g/mol. The highest BCUT2D eigenvalue weighted by atomic mass is 35.5. The summed E-state index contributed by atoms with van der Waals surface area (Å²) in [6.07, 6.45) is 2.84. The van der Waals surface area contributed by atoms with E-state index in [9.17, 15) is 4.79 Å². The molecular formula is C14H17ClN4O2. The molecule has 1 heterocycles. The van der Waals surface area contributed by atoms with Crippen LogP contribution in [0.2, 0.25) is 0 Å². The molecule has 0 radical (unpaired) electrons. The summed E-state index contributed by atoms with van der Waals surface area (Å²) in [5.41, 5.74) is 6.27. The summed E-state index contributed by atoms with van der Waals surface area (Å²) in [6.45, 7) is 0.205. The van der Waals surface area contributed by atoms with Crippen LogP contribution in [0.4, 0.5) is 0 Å². The van der Waals surface area contributed by atoms with Gasteiger partial charge in [0.1, 0.15) is 0 Å². The van der Waals surface area contributed by atoms with Gasteiger partial charge in [0.05, 0.1) is 12.1 Å². The van der Waals surface area contributed by atoms with Crippen LogP contribution >= 0.6 is 12.4 Å². The maximum absolute atomic E-state index is 11.9. The molecule has 1 amide bonds. The topological polar surface area (TPSA) is 94.0 Å². The number of rotatable bonds is 4. The Balaban J connectivity index is 0.00000161. The van der Waals surface area contributed by atoms with Crippen LogP contribution in [0.5, 0.6) is 0 Å². The number of amides is 1. The molecule has 6 nitrogen and oxygen atoms in total. The van der Waals surface area contributed by atoms with Crippen molar-refractivity contribution in [2.45, 2.75) is 31.3 Å². The fourth-order valence-electron chi connectivity index (χ4n) is 2.16. The van der Waals surface area contributed by atoms with Crippen LogP contribution in [0, 0.1) is 0 Å². The first kappa shape index (κ1) is 15.5. The SMILES string of the molecule is Cl.NC1(c2noc(CNC(=O)c3ccccc3)n2)CCC1. The van der Waals surface area contributed by atoms with Gasteiger partial charge in [0.2, 0.25) is 5.89 Å². The minimum atomic E-state index is -0.439. The van der Waals surface area contributed by atoms with E-state index in [4.69, 9.17) is 10.3 Å². The highest BCUT2D eigenvalue weighted by molar-refractivity contribution is 5.93. The number of hydrogen-bond acceptors (Lipinski definition) is 5. The number of nitrogens with zero attached hydrogens (tertiary/aromatic N) is 2. The van der Waals surface area contributed by atoms with E-state index in [1.807, 2.05) is 18.2 Å². The van der Waals surface area contributed by atoms with E-state index < -0.39 is 5.54 Å². The van der Waals surface area contributed by atoms with Gasteiger partial charge < -0.3 is 15.6 Å². The Kier molecular flexibility index (Phi) is 4.59. The second-order valence-corrected chi connectivity index (χ2v) is 5.07. The normalized spacial score (nSPS) is 15.7. The van der Waals surface area contributed by atoms with Gasteiger partial charge in [-0.2, -0.15) is 4.98 Å². The molecular weight excluding hydrogens is 292 g/mol. The molecule has 0 spiro atoms. The van der Waals surface area contributed by atoms with Crippen LogP contribution < -0.4 is 11.1 Å². The molecule has 112 valence electrons. The summed E-state index contributed by atoms with van der Waals surface area (Å²) < 4.78 is 5.12. The number of hydrogen-bond donors (Lipinski definition) is 2. The van der Waals surface area contributed by atoms with Crippen molar-refractivity contribution in [2.75, 3.05) is 0 Å². The minimum Gasteiger partial charge on any atom is -0.343 e. The van der Waals surface area contributed by atoms with Crippen LogP contribution in [-0.2, 0) is 12.1 Å². The summed E-state index contributed by atoms with van der Waals surface area (Å²) >= 11 is 0. The van der Waals surface area contributed by atoms with Crippen molar-refractivity contribution in [3.8, 4) is 0 Å². The maximum atomic E-state index is 11.9. The van der Waals surface area contributed by atoms with Gasteiger partial charge in [-0.3, -0.25) is 4.79 Å². The van der Waals surface area contributed by atoms with Gasteiger partial charge in [0, 0.05) is 5.56 Å². The van der Waals surface area contributed by atoms with Crippen LogP contribution in [0.3, 0.4) is 0 Å². The molecule has 0 atom stereocenters. The maximum Gasteiger partial charge on any atom is 0.251 e. The van der Waals surface area contributed by atoms with E-state index in [2.05, 4.69) is 15.5 Å². The first-order chi connectivity index (χ1) is 9.67. The summed E-state index contributed by atoms with van der Waals surface area (Å²) in [6, 6.07) is 8.99. The first-order valence-corrected chi connectivity index (χ1v) is 6.63. The van der Waals surface area contributed by atoms with Crippen molar-refractivity contribution >= 4 is 18.3 Å². The van der Waals surface area contributed by atoms with E-state index in [-0.39, 0.29) is 24.9 Å². The second-order valence-electron chi connectivity index (χ2n) is 5.07. The molecule has 0 saturated heterocycles. The number of halogens is 1. The second kappa shape index (κ2) is 6.24. The largest absolute Gasteiger partial charge is 0.343 e. The Labute approximate surface area is 128 Å². The molecule has 1 aliphatic rings.